The second-order valence-electron chi connectivity index (χ2n) is 3.81. The maximum atomic E-state index is 11.7. The minimum atomic E-state index is -0.358. The monoisotopic (exact) mass is 255 g/mol. The van der Waals surface area contributed by atoms with Crippen molar-refractivity contribution in [3.05, 3.63) is 54.4 Å². The third kappa shape index (κ3) is 3.53. The first-order valence-corrected chi connectivity index (χ1v) is 5.57. The van der Waals surface area contributed by atoms with Crippen LogP contribution in [0.2, 0.25) is 0 Å². The van der Waals surface area contributed by atoms with Crippen molar-refractivity contribution < 1.29 is 4.79 Å². The molecule has 0 fully saturated rings. The molecule has 1 heterocycles. The van der Waals surface area contributed by atoms with Gasteiger partial charge >= 0.3 is 6.03 Å². The number of pyridine rings is 1. The minimum Gasteiger partial charge on any atom is -0.384 e. The van der Waals surface area contributed by atoms with Crippen molar-refractivity contribution in [1.82, 2.24) is 4.98 Å². The molecule has 0 unspecified atom stereocenters. The van der Waals surface area contributed by atoms with Crippen LogP contribution in [0.15, 0.2) is 48.8 Å². The molecule has 2 rings (SSSR count). The number of carbonyl (C=O) groups excluding carboxylic acids is 1. The van der Waals surface area contributed by atoms with E-state index in [-0.39, 0.29) is 11.9 Å². The number of rotatable bonds is 3. The summed E-state index contributed by atoms with van der Waals surface area (Å²) in [6.07, 6.45) is 3.18. The van der Waals surface area contributed by atoms with Crippen LogP contribution in [-0.2, 0) is 0 Å². The number of nitrogen functional groups attached to an aromatic ring is 1. The highest BCUT2D eigenvalue weighted by molar-refractivity contribution is 6.00. The predicted molar refractivity (Wildman–Crippen MR) is 74.3 cm³/mol. The van der Waals surface area contributed by atoms with E-state index in [1.165, 1.54) is 0 Å². The lowest BCUT2D eigenvalue weighted by atomic mass is 10.2. The van der Waals surface area contributed by atoms with Crippen molar-refractivity contribution in [3.8, 4) is 0 Å². The van der Waals surface area contributed by atoms with Gasteiger partial charge in [0.05, 0.1) is 11.9 Å². The second-order valence-corrected chi connectivity index (χ2v) is 3.81. The number of hydrogen-bond donors (Lipinski definition) is 4. The fraction of sp³-hybridized carbons (Fsp3) is 0. The van der Waals surface area contributed by atoms with Gasteiger partial charge in [0.15, 0.2) is 0 Å². The van der Waals surface area contributed by atoms with E-state index in [0.717, 1.165) is 0 Å². The first-order valence-electron chi connectivity index (χ1n) is 5.57. The van der Waals surface area contributed by atoms with E-state index in [9.17, 15) is 4.79 Å². The van der Waals surface area contributed by atoms with Crippen molar-refractivity contribution in [2.24, 2.45) is 5.73 Å². The number of nitrogens with zero attached hydrogens (tertiary/aromatic N) is 1. The van der Waals surface area contributed by atoms with E-state index in [1.807, 2.05) is 0 Å². The summed E-state index contributed by atoms with van der Waals surface area (Å²) in [5.74, 6) is -0.00800. The molecule has 0 aliphatic carbocycles. The number of hydrogen-bond acceptors (Lipinski definition) is 3. The van der Waals surface area contributed by atoms with Gasteiger partial charge < -0.3 is 16.4 Å². The number of benzene rings is 1. The number of amidine groups is 1. The van der Waals surface area contributed by atoms with Crippen molar-refractivity contribution in [2.45, 2.75) is 0 Å². The summed E-state index contributed by atoms with van der Waals surface area (Å²) in [4.78, 5) is 15.6. The Kier molecular flexibility index (Phi) is 3.72. The Labute approximate surface area is 110 Å². The summed E-state index contributed by atoms with van der Waals surface area (Å²) < 4.78 is 0. The largest absolute Gasteiger partial charge is 0.384 e. The van der Waals surface area contributed by atoms with Crippen LogP contribution in [0, 0.1) is 5.41 Å². The van der Waals surface area contributed by atoms with Crippen LogP contribution in [-0.4, -0.2) is 16.9 Å². The van der Waals surface area contributed by atoms with Gasteiger partial charge in [0.1, 0.15) is 5.84 Å². The predicted octanol–water partition coefficient (Wildman–Crippen LogP) is 2.01. The Morgan fingerprint density at radius 2 is 1.79 bits per heavy atom. The van der Waals surface area contributed by atoms with Crippen molar-refractivity contribution in [2.75, 3.05) is 10.6 Å². The van der Waals surface area contributed by atoms with Crippen LogP contribution < -0.4 is 16.4 Å². The number of aromatic nitrogens is 1. The number of nitrogens with one attached hydrogen (secondary N) is 3. The number of amides is 2. The highest BCUT2D eigenvalue weighted by Gasteiger charge is 2.03. The van der Waals surface area contributed by atoms with Gasteiger partial charge in [-0.2, -0.15) is 0 Å². The van der Waals surface area contributed by atoms with Gasteiger partial charge in [-0.25, -0.2) is 4.79 Å². The standard InChI is InChI=1S/C13H13N5O/c14-12(15)9-3-5-10(6-4-9)17-13(19)18-11-2-1-7-16-8-11/h1-8H,(H3,14,15)(H2,17,18,19). The quantitative estimate of drug-likeness (QED) is 0.498. The SMILES string of the molecule is N=C(N)c1ccc(NC(=O)Nc2cccnc2)cc1. The van der Waals surface area contributed by atoms with Gasteiger partial charge in [-0.15, -0.1) is 0 Å². The van der Waals surface area contributed by atoms with E-state index in [4.69, 9.17) is 11.1 Å². The average Bonchev–Trinajstić information content (AvgIpc) is 2.40. The Morgan fingerprint density at radius 1 is 1.11 bits per heavy atom. The molecule has 2 amide bonds. The molecule has 96 valence electrons. The molecule has 0 atom stereocenters. The molecular formula is C13H13N5O. The molecule has 0 spiro atoms. The molecule has 1 aromatic heterocycles. The molecule has 0 bridgehead atoms. The van der Waals surface area contributed by atoms with Crippen molar-refractivity contribution in [3.63, 3.8) is 0 Å². The van der Waals surface area contributed by atoms with E-state index >= 15 is 0 Å². The zero-order valence-corrected chi connectivity index (χ0v) is 10.1. The zero-order valence-electron chi connectivity index (χ0n) is 10.1. The van der Waals surface area contributed by atoms with Crippen LogP contribution in [0.4, 0.5) is 16.2 Å². The molecule has 0 radical (unpaired) electrons. The summed E-state index contributed by atoms with van der Waals surface area (Å²) in [5, 5.41) is 12.6. The highest BCUT2D eigenvalue weighted by atomic mass is 16.2. The Bertz CT molecular complexity index is 580. The average molecular weight is 255 g/mol. The van der Waals surface area contributed by atoms with Gasteiger partial charge in [-0.05, 0) is 36.4 Å². The Morgan fingerprint density at radius 3 is 2.37 bits per heavy atom. The summed E-state index contributed by atoms with van der Waals surface area (Å²) in [6, 6.07) is 9.81. The molecule has 0 aliphatic heterocycles. The maximum absolute atomic E-state index is 11.7. The number of carbonyl (C=O) groups is 1. The molecule has 0 aliphatic rings. The Hall–Kier alpha value is -2.89. The normalized spacial score (nSPS) is 9.68. The molecule has 1 aromatic carbocycles. The highest BCUT2D eigenvalue weighted by Crippen LogP contribution is 2.10. The van der Waals surface area contributed by atoms with Crippen molar-refractivity contribution >= 4 is 23.2 Å². The van der Waals surface area contributed by atoms with Gasteiger partial charge in [0.2, 0.25) is 0 Å². The fourth-order valence-electron chi connectivity index (χ4n) is 1.46. The zero-order chi connectivity index (χ0) is 13.7. The summed E-state index contributed by atoms with van der Waals surface area (Å²) in [5.41, 5.74) is 7.18. The van der Waals surface area contributed by atoms with E-state index in [2.05, 4.69) is 15.6 Å². The minimum absolute atomic E-state index is 0.00800. The maximum Gasteiger partial charge on any atom is 0.323 e. The molecule has 19 heavy (non-hydrogen) atoms. The van der Waals surface area contributed by atoms with E-state index < -0.39 is 0 Å². The van der Waals surface area contributed by atoms with E-state index in [0.29, 0.717) is 16.9 Å². The molecule has 5 N–H and O–H groups in total. The Balaban J connectivity index is 1.97. The number of urea groups is 1. The summed E-state index contributed by atoms with van der Waals surface area (Å²) >= 11 is 0. The number of anilines is 2. The fourth-order valence-corrected chi connectivity index (χ4v) is 1.46. The topological polar surface area (TPSA) is 104 Å². The van der Waals surface area contributed by atoms with Crippen LogP contribution in [0.1, 0.15) is 5.56 Å². The second kappa shape index (κ2) is 5.63. The first-order chi connectivity index (χ1) is 9.15. The van der Waals surface area contributed by atoms with E-state index in [1.54, 1.807) is 48.8 Å². The van der Waals surface area contributed by atoms with Crippen LogP contribution in [0.3, 0.4) is 0 Å². The lowest BCUT2D eigenvalue weighted by Gasteiger charge is -2.07. The molecule has 6 nitrogen and oxygen atoms in total. The van der Waals surface area contributed by atoms with Crippen LogP contribution in [0.25, 0.3) is 0 Å². The van der Waals surface area contributed by atoms with Gasteiger partial charge in [0.25, 0.3) is 0 Å². The number of nitrogens with two attached hydrogens (primary N) is 1. The lowest BCUT2D eigenvalue weighted by molar-refractivity contribution is 0.262. The third-order valence-corrected chi connectivity index (χ3v) is 2.37. The summed E-state index contributed by atoms with van der Waals surface area (Å²) in [6.45, 7) is 0. The molecule has 2 aromatic rings. The molecule has 6 heteroatoms. The van der Waals surface area contributed by atoms with Gasteiger partial charge in [-0.3, -0.25) is 10.4 Å². The van der Waals surface area contributed by atoms with Crippen LogP contribution in [0.5, 0.6) is 0 Å². The van der Waals surface area contributed by atoms with Gasteiger partial charge in [0, 0.05) is 17.4 Å². The molecular weight excluding hydrogens is 242 g/mol. The molecule has 0 saturated heterocycles. The lowest BCUT2D eigenvalue weighted by Crippen LogP contribution is -2.19. The smallest absolute Gasteiger partial charge is 0.323 e. The first kappa shape index (κ1) is 12.6. The summed E-state index contributed by atoms with van der Waals surface area (Å²) in [7, 11) is 0. The van der Waals surface area contributed by atoms with Crippen molar-refractivity contribution in [1.29, 1.82) is 5.41 Å². The molecule has 0 saturated carbocycles. The third-order valence-electron chi connectivity index (χ3n) is 2.37. The van der Waals surface area contributed by atoms with Crippen LogP contribution >= 0.6 is 0 Å². The van der Waals surface area contributed by atoms with Gasteiger partial charge in [-0.1, -0.05) is 0 Å².